The predicted octanol–water partition coefficient (Wildman–Crippen LogP) is -0.120. The maximum atomic E-state index is 9.43. The quantitative estimate of drug-likeness (QED) is 0.652. The van der Waals surface area contributed by atoms with E-state index in [-0.39, 0.29) is 5.54 Å². The molecule has 15 heavy (non-hydrogen) atoms. The Morgan fingerprint density at radius 2 is 1.73 bits per heavy atom. The molecule has 4 heteroatoms. The Labute approximate surface area is 91.8 Å². The summed E-state index contributed by atoms with van der Waals surface area (Å²) in [6, 6.07) is 2.57. The van der Waals surface area contributed by atoms with Gasteiger partial charge in [-0.25, -0.2) is 0 Å². The van der Waals surface area contributed by atoms with E-state index in [9.17, 15) is 5.26 Å². The molecule has 0 bridgehead atoms. The highest BCUT2D eigenvalue weighted by Crippen LogP contribution is 2.26. The molecular formula is C11H20N4. The van der Waals surface area contributed by atoms with Crippen LogP contribution in [0.1, 0.15) is 12.8 Å². The lowest BCUT2D eigenvalue weighted by atomic mass is 9.87. The van der Waals surface area contributed by atoms with Crippen molar-refractivity contribution in [2.24, 2.45) is 0 Å². The fraction of sp³-hybridized carbons (Fsp3) is 0.909. The van der Waals surface area contributed by atoms with Gasteiger partial charge in [-0.2, -0.15) is 5.26 Å². The number of hydrogen-bond acceptors (Lipinski definition) is 4. The highest BCUT2D eigenvalue weighted by atomic mass is 15.3. The molecule has 0 saturated carbocycles. The zero-order chi connectivity index (χ0) is 10.7. The van der Waals surface area contributed by atoms with Gasteiger partial charge in [0.15, 0.2) is 0 Å². The third-order valence-corrected chi connectivity index (χ3v) is 3.75. The summed E-state index contributed by atoms with van der Waals surface area (Å²) in [6.07, 6.45) is 1.96. The Balaban J connectivity index is 2.03. The smallest absolute Gasteiger partial charge is 0.111 e. The molecule has 0 aromatic heterocycles. The molecule has 4 nitrogen and oxygen atoms in total. The minimum atomic E-state index is -0.174. The van der Waals surface area contributed by atoms with E-state index >= 15 is 0 Å². The van der Waals surface area contributed by atoms with Crippen LogP contribution in [-0.2, 0) is 0 Å². The first-order valence-electron chi connectivity index (χ1n) is 5.82. The maximum Gasteiger partial charge on any atom is 0.111 e. The molecule has 2 aliphatic rings. The molecule has 1 N–H and O–H groups in total. The van der Waals surface area contributed by atoms with Gasteiger partial charge in [0.2, 0.25) is 0 Å². The molecule has 0 radical (unpaired) electrons. The molecule has 2 saturated heterocycles. The summed E-state index contributed by atoms with van der Waals surface area (Å²) in [7, 11) is 2.15. The van der Waals surface area contributed by atoms with Crippen molar-refractivity contribution in [3.05, 3.63) is 0 Å². The fourth-order valence-corrected chi connectivity index (χ4v) is 2.57. The fourth-order valence-electron chi connectivity index (χ4n) is 2.57. The van der Waals surface area contributed by atoms with Gasteiger partial charge in [0.25, 0.3) is 0 Å². The standard InChI is InChI=1S/C11H20N4/c1-14-6-8-15(9-7-14)11(10-12)2-4-13-5-3-11/h13H,2-9H2,1H3. The van der Waals surface area contributed by atoms with Crippen LogP contribution < -0.4 is 5.32 Å². The van der Waals surface area contributed by atoms with Crippen LogP contribution in [0.15, 0.2) is 0 Å². The molecule has 0 unspecified atom stereocenters. The monoisotopic (exact) mass is 208 g/mol. The van der Waals surface area contributed by atoms with E-state index in [2.05, 4.69) is 28.2 Å². The van der Waals surface area contributed by atoms with Gasteiger partial charge in [0, 0.05) is 26.2 Å². The number of nitrogens with zero attached hydrogens (tertiary/aromatic N) is 3. The first-order valence-corrected chi connectivity index (χ1v) is 5.82. The van der Waals surface area contributed by atoms with Crippen LogP contribution in [-0.4, -0.2) is 61.7 Å². The molecule has 84 valence electrons. The minimum absolute atomic E-state index is 0.174. The first kappa shape index (κ1) is 10.9. The lowest BCUT2D eigenvalue weighted by Crippen LogP contribution is -2.59. The summed E-state index contributed by atoms with van der Waals surface area (Å²) < 4.78 is 0. The van der Waals surface area contributed by atoms with Crippen LogP contribution in [0, 0.1) is 11.3 Å². The molecule has 0 aromatic carbocycles. The number of nitrogens with one attached hydrogen (secondary N) is 1. The first-order chi connectivity index (χ1) is 7.27. The number of likely N-dealkylation sites (N-methyl/N-ethyl adjacent to an activating group) is 1. The van der Waals surface area contributed by atoms with Crippen LogP contribution in [0.5, 0.6) is 0 Å². The summed E-state index contributed by atoms with van der Waals surface area (Å²) in [5.41, 5.74) is -0.174. The van der Waals surface area contributed by atoms with Crippen molar-refractivity contribution >= 4 is 0 Å². The number of piperazine rings is 1. The Kier molecular flexibility index (Phi) is 3.25. The van der Waals surface area contributed by atoms with Crippen molar-refractivity contribution in [1.82, 2.24) is 15.1 Å². The van der Waals surface area contributed by atoms with Gasteiger partial charge in [-0.1, -0.05) is 0 Å². The third-order valence-electron chi connectivity index (χ3n) is 3.75. The molecule has 2 rings (SSSR count). The summed E-state index contributed by atoms with van der Waals surface area (Å²) in [5.74, 6) is 0. The highest BCUT2D eigenvalue weighted by Gasteiger charge is 2.39. The molecule has 0 atom stereocenters. The molecule has 0 amide bonds. The van der Waals surface area contributed by atoms with E-state index in [1.54, 1.807) is 0 Å². The van der Waals surface area contributed by atoms with Gasteiger partial charge in [-0.05, 0) is 33.0 Å². The van der Waals surface area contributed by atoms with Crippen LogP contribution in [0.4, 0.5) is 0 Å². The van der Waals surface area contributed by atoms with E-state index in [4.69, 9.17) is 0 Å². The molecule has 0 aliphatic carbocycles. The summed E-state index contributed by atoms with van der Waals surface area (Å²) in [6.45, 7) is 6.25. The minimum Gasteiger partial charge on any atom is -0.317 e. The van der Waals surface area contributed by atoms with Crippen LogP contribution in [0.3, 0.4) is 0 Å². The van der Waals surface area contributed by atoms with E-state index in [1.807, 2.05) is 0 Å². The lowest BCUT2D eigenvalue weighted by Gasteiger charge is -2.45. The Morgan fingerprint density at radius 1 is 1.13 bits per heavy atom. The van der Waals surface area contributed by atoms with Gasteiger partial charge >= 0.3 is 0 Å². The van der Waals surface area contributed by atoms with Crippen molar-refractivity contribution in [3.8, 4) is 6.07 Å². The number of nitriles is 1. The van der Waals surface area contributed by atoms with E-state index in [1.165, 1.54) is 0 Å². The summed E-state index contributed by atoms with van der Waals surface area (Å²) in [5, 5.41) is 12.8. The van der Waals surface area contributed by atoms with Crippen molar-refractivity contribution in [2.75, 3.05) is 46.3 Å². The largest absolute Gasteiger partial charge is 0.317 e. The topological polar surface area (TPSA) is 42.3 Å². The summed E-state index contributed by atoms with van der Waals surface area (Å²) in [4.78, 5) is 4.73. The Hall–Kier alpha value is -0.630. The molecule has 2 heterocycles. The van der Waals surface area contributed by atoms with E-state index in [0.717, 1.165) is 52.1 Å². The average molecular weight is 208 g/mol. The lowest BCUT2D eigenvalue weighted by molar-refractivity contribution is 0.0542. The van der Waals surface area contributed by atoms with Gasteiger partial charge in [-0.3, -0.25) is 4.90 Å². The Bertz CT molecular complexity index is 244. The number of hydrogen-bond donors (Lipinski definition) is 1. The van der Waals surface area contributed by atoms with Gasteiger partial charge in [0.1, 0.15) is 5.54 Å². The molecule has 2 fully saturated rings. The second kappa shape index (κ2) is 4.48. The molecule has 2 aliphatic heterocycles. The molecular weight excluding hydrogens is 188 g/mol. The van der Waals surface area contributed by atoms with Crippen LogP contribution in [0.2, 0.25) is 0 Å². The van der Waals surface area contributed by atoms with Crippen molar-refractivity contribution in [2.45, 2.75) is 18.4 Å². The predicted molar refractivity (Wildman–Crippen MR) is 59.5 cm³/mol. The van der Waals surface area contributed by atoms with Crippen molar-refractivity contribution in [3.63, 3.8) is 0 Å². The second-order valence-electron chi connectivity index (χ2n) is 4.68. The zero-order valence-corrected chi connectivity index (χ0v) is 9.50. The maximum absolute atomic E-state index is 9.43. The van der Waals surface area contributed by atoms with Gasteiger partial charge in [-0.15, -0.1) is 0 Å². The summed E-state index contributed by atoms with van der Waals surface area (Å²) >= 11 is 0. The zero-order valence-electron chi connectivity index (χ0n) is 9.50. The van der Waals surface area contributed by atoms with Gasteiger partial charge < -0.3 is 10.2 Å². The average Bonchev–Trinajstić information content (AvgIpc) is 2.31. The molecule has 0 spiro atoms. The van der Waals surface area contributed by atoms with E-state index < -0.39 is 0 Å². The van der Waals surface area contributed by atoms with E-state index in [0.29, 0.717) is 0 Å². The van der Waals surface area contributed by atoms with Crippen molar-refractivity contribution < 1.29 is 0 Å². The third kappa shape index (κ3) is 2.15. The SMILES string of the molecule is CN1CCN(C2(C#N)CCNCC2)CC1. The van der Waals surface area contributed by atoms with Crippen LogP contribution >= 0.6 is 0 Å². The van der Waals surface area contributed by atoms with Crippen molar-refractivity contribution in [1.29, 1.82) is 5.26 Å². The highest BCUT2D eigenvalue weighted by molar-refractivity contribution is 5.11. The van der Waals surface area contributed by atoms with Gasteiger partial charge in [0.05, 0.1) is 6.07 Å². The molecule has 0 aromatic rings. The van der Waals surface area contributed by atoms with Crippen LogP contribution in [0.25, 0.3) is 0 Å². The normalized spacial score (nSPS) is 28.5. The Morgan fingerprint density at radius 3 is 2.27 bits per heavy atom. The second-order valence-corrected chi connectivity index (χ2v) is 4.68. The number of piperidine rings is 1. The number of rotatable bonds is 1.